The van der Waals surface area contributed by atoms with Crippen LogP contribution in [0.5, 0.6) is 0 Å². The molecule has 0 radical (unpaired) electrons. The number of fused-ring (bicyclic) bond motifs is 2. The predicted octanol–water partition coefficient (Wildman–Crippen LogP) is 2.13. The molecule has 3 fully saturated rings. The van der Waals surface area contributed by atoms with E-state index >= 15 is 0 Å². The topological polar surface area (TPSA) is 107 Å². The molecule has 4 rings (SSSR count). The number of aromatic nitrogens is 1. The molecule has 6 atom stereocenters. The number of rotatable bonds is 8. The van der Waals surface area contributed by atoms with Crippen LogP contribution >= 0.6 is 15.9 Å². The SMILES string of the molecule is C[C@@H]1[C@H](NC(C#N)C(Br)C(=O)NCC(=O)NCc2ccncc2)C[C@H]2C[C@@H]1C2(C)C. The van der Waals surface area contributed by atoms with E-state index in [-0.39, 0.29) is 24.4 Å². The van der Waals surface area contributed by atoms with Crippen LogP contribution in [0, 0.1) is 34.5 Å². The third kappa shape index (κ3) is 4.84. The number of carbonyl (C=O) groups excluding carboxylic acids is 2. The summed E-state index contributed by atoms with van der Waals surface area (Å²) in [6, 6.07) is 5.41. The van der Waals surface area contributed by atoms with E-state index in [1.54, 1.807) is 12.4 Å². The van der Waals surface area contributed by atoms with Gasteiger partial charge in [0.2, 0.25) is 11.8 Å². The molecule has 0 aliphatic heterocycles. The highest BCUT2D eigenvalue weighted by atomic mass is 79.9. The van der Waals surface area contributed by atoms with Crippen LogP contribution in [0.2, 0.25) is 0 Å². The van der Waals surface area contributed by atoms with Gasteiger partial charge in [0.25, 0.3) is 0 Å². The van der Waals surface area contributed by atoms with Crippen molar-refractivity contribution in [2.45, 2.75) is 57.1 Å². The monoisotopic (exact) mass is 475 g/mol. The zero-order valence-corrected chi connectivity index (χ0v) is 19.3. The van der Waals surface area contributed by atoms with Crippen LogP contribution in [0.4, 0.5) is 0 Å². The summed E-state index contributed by atoms with van der Waals surface area (Å²) >= 11 is 3.36. The molecule has 3 N–H and O–H groups in total. The van der Waals surface area contributed by atoms with Crippen LogP contribution in [0.25, 0.3) is 0 Å². The maximum atomic E-state index is 12.5. The number of halogens is 1. The van der Waals surface area contributed by atoms with Crippen LogP contribution < -0.4 is 16.0 Å². The Morgan fingerprint density at radius 3 is 2.60 bits per heavy atom. The summed E-state index contributed by atoms with van der Waals surface area (Å²) < 4.78 is 0. The van der Waals surface area contributed by atoms with Gasteiger partial charge in [0.15, 0.2) is 0 Å². The van der Waals surface area contributed by atoms with Crippen molar-refractivity contribution >= 4 is 27.7 Å². The van der Waals surface area contributed by atoms with Gasteiger partial charge >= 0.3 is 0 Å². The van der Waals surface area contributed by atoms with Crippen LogP contribution in [0.15, 0.2) is 24.5 Å². The molecule has 2 bridgehead atoms. The van der Waals surface area contributed by atoms with Crippen molar-refractivity contribution in [3.05, 3.63) is 30.1 Å². The second-order valence-electron chi connectivity index (χ2n) is 9.09. The van der Waals surface area contributed by atoms with Crippen LogP contribution in [0.1, 0.15) is 39.2 Å². The Kier molecular flexibility index (Phi) is 7.14. The molecule has 7 nitrogen and oxygen atoms in total. The average molecular weight is 476 g/mol. The number of nitrogens with zero attached hydrogens (tertiary/aromatic N) is 2. The zero-order chi connectivity index (χ0) is 21.9. The molecule has 30 heavy (non-hydrogen) atoms. The second kappa shape index (κ2) is 9.44. The first-order valence-electron chi connectivity index (χ1n) is 10.5. The molecule has 0 spiro atoms. The second-order valence-corrected chi connectivity index (χ2v) is 10.1. The van der Waals surface area contributed by atoms with Crippen molar-refractivity contribution < 1.29 is 9.59 Å². The van der Waals surface area contributed by atoms with E-state index in [1.807, 2.05) is 12.1 Å². The van der Waals surface area contributed by atoms with Gasteiger partial charge in [-0.05, 0) is 53.7 Å². The molecule has 162 valence electrons. The summed E-state index contributed by atoms with van der Waals surface area (Å²) in [4.78, 5) is 27.7. The van der Waals surface area contributed by atoms with Crippen molar-refractivity contribution in [1.29, 1.82) is 5.26 Å². The smallest absolute Gasteiger partial charge is 0.239 e. The van der Waals surface area contributed by atoms with Crippen molar-refractivity contribution in [3.8, 4) is 6.07 Å². The number of carbonyl (C=O) groups is 2. The van der Waals surface area contributed by atoms with E-state index in [9.17, 15) is 14.9 Å². The average Bonchev–Trinajstić information content (AvgIpc) is 2.75. The standard InChI is InChI=1S/C22H30BrN5O2/c1-13-16-8-15(22(16,2)3)9-17(13)28-18(10-24)20(23)21(30)27-12-19(29)26-11-14-4-6-25-7-5-14/h4-7,13,15-18,20,28H,8-9,11-12H2,1-3H3,(H,26,29)(H,27,30)/t13-,15+,16-,17+,18?,20?/m0/s1. The highest BCUT2D eigenvalue weighted by Gasteiger charge is 2.56. The first kappa shape index (κ1) is 22.7. The fourth-order valence-corrected chi connectivity index (χ4v) is 5.40. The summed E-state index contributed by atoms with van der Waals surface area (Å²) in [5.74, 6) is 1.12. The normalized spacial score (nSPS) is 28.4. The summed E-state index contributed by atoms with van der Waals surface area (Å²) in [7, 11) is 0. The quantitative estimate of drug-likeness (QED) is 0.499. The number of alkyl halides is 1. The molecule has 0 aromatic carbocycles. The molecule has 1 aromatic heterocycles. The largest absolute Gasteiger partial charge is 0.350 e. The lowest BCUT2D eigenvalue weighted by molar-refractivity contribution is -0.126. The van der Waals surface area contributed by atoms with Crippen molar-refractivity contribution in [2.75, 3.05) is 6.54 Å². The lowest BCUT2D eigenvalue weighted by Crippen LogP contribution is -2.62. The number of amides is 2. The minimum Gasteiger partial charge on any atom is -0.350 e. The maximum Gasteiger partial charge on any atom is 0.239 e. The van der Waals surface area contributed by atoms with Gasteiger partial charge in [0.05, 0.1) is 12.6 Å². The Balaban J connectivity index is 1.45. The Labute approximate surface area is 186 Å². The van der Waals surface area contributed by atoms with Gasteiger partial charge in [0, 0.05) is 25.0 Å². The number of nitrogens with one attached hydrogen (secondary N) is 3. The Bertz CT molecular complexity index is 809. The molecule has 2 amide bonds. The van der Waals surface area contributed by atoms with Gasteiger partial charge in [-0.3, -0.25) is 19.9 Å². The van der Waals surface area contributed by atoms with Crippen molar-refractivity contribution in [2.24, 2.45) is 23.2 Å². The van der Waals surface area contributed by atoms with Gasteiger partial charge in [-0.15, -0.1) is 0 Å². The molecule has 2 unspecified atom stereocenters. The predicted molar refractivity (Wildman–Crippen MR) is 117 cm³/mol. The van der Waals surface area contributed by atoms with E-state index in [1.165, 1.54) is 6.42 Å². The number of hydrogen-bond donors (Lipinski definition) is 3. The minimum absolute atomic E-state index is 0.137. The van der Waals surface area contributed by atoms with Gasteiger partial charge in [-0.25, -0.2) is 0 Å². The molecule has 8 heteroatoms. The third-order valence-electron chi connectivity index (χ3n) is 7.09. The summed E-state index contributed by atoms with van der Waals surface area (Å²) in [6.45, 7) is 7.14. The van der Waals surface area contributed by atoms with Crippen LogP contribution in [-0.2, 0) is 16.1 Å². The van der Waals surface area contributed by atoms with Crippen molar-refractivity contribution in [3.63, 3.8) is 0 Å². The molecular formula is C22H30BrN5O2. The molecule has 3 aliphatic rings. The van der Waals surface area contributed by atoms with Gasteiger partial charge < -0.3 is 10.6 Å². The molecule has 3 aliphatic carbocycles. The molecule has 0 saturated heterocycles. The number of nitriles is 1. The molecule has 1 heterocycles. The molecular weight excluding hydrogens is 446 g/mol. The lowest BCUT2D eigenvalue weighted by Gasteiger charge is -2.62. The van der Waals surface area contributed by atoms with E-state index in [2.05, 4.69) is 63.7 Å². The zero-order valence-electron chi connectivity index (χ0n) is 17.7. The minimum atomic E-state index is -0.728. The van der Waals surface area contributed by atoms with E-state index in [0.717, 1.165) is 12.0 Å². The lowest BCUT2D eigenvalue weighted by atomic mass is 9.44. The van der Waals surface area contributed by atoms with Gasteiger partial charge in [-0.1, -0.05) is 36.7 Å². The number of hydrogen-bond acceptors (Lipinski definition) is 5. The van der Waals surface area contributed by atoms with E-state index < -0.39 is 10.9 Å². The maximum absolute atomic E-state index is 12.5. The van der Waals surface area contributed by atoms with Gasteiger partial charge in [0.1, 0.15) is 10.9 Å². The van der Waals surface area contributed by atoms with Crippen molar-refractivity contribution in [1.82, 2.24) is 20.9 Å². The summed E-state index contributed by atoms with van der Waals surface area (Å²) in [5.41, 5.74) is 1.30. The van der Waals surface area contributed by atoms with E-state index in [4.69, 9.17) is 0 Å². The van der Waals surface area contributed by atoms with Crippen LogP contribution in [0.3, 0.4) is 0 Å². The highest BCUT2D eigenvalue weighted by Crippen LogP contribution is 2.61. The first-order chi connectivity index (χ1) is 14.2. The Morgan fingerprint density at radius 2 is 2.00 bits per heavy atom. The Hall–Kier alpha value is -1.98. The fraction of sp³-hybridized carbons (Fsp3) is 0.636. The summed E-state index contributed by atoms with van der Waals surface area (Å²) in [5, 5.41) is 18.4. The molecule has 3 saturated carbocycles. The van der Waals surface area contributed by atoms with E-state index in [0.29, 0.717) is 29.7 Å². The molecule has 1 aromatic rings. The fourth-order valence-electron chi connectivity index (χ4n) is 4.97. The Morgan fingerprint density at radius 1 is 1.30 bits per heavy atom. The van der Waals surface area contributed by atoms with Crippen LogP contribution in [-0.4, -0.2) is 40.3 Å². The number of pyridine rings is 1. The first-order valence-corrected chi connectivity index (χ1v) is 11.4. The highest BCUT2D eigenvalue weighted by molar-refractivity contribution is 9.10. The van der Waals surface area contributed by atoms with Gasteiger partial charge in [-0.2, -0.15) is 5.26 Å². The summed E-state index contributed by atoms with van der Waals surface area (Å²) in [6.07, 6.45) is 5.61. The third-order valence-corrected chi connectivity index (χ3v) is 8.04.